The van der Waals surface area contributed by atoms with Crippen LogP contribution >= 0.6 is 0 Å². The number of hydrogen-bond acceptors (Lipinski definition) is 6. The van der Waals surface area contributed by atoms with Gasteiger partial charge in [0.1, 0.15) is 25.2 Å². The highest BCUT2D eigenvalue weighted by molar-refractivity contribution is 5.98. The Balaban J connectivity index is 1.66. The molecule has 2 heterocycles. The number of rotatable bonds is 5. The highest BCUT2D eigenvalue weighted by Crippen LogP contribution is 2.29. The Hall–Kier alpha value is -3.41. The summed E-state index contributed by atoms with van der Waals surface area (Å²) in [5, 5.41) is 12.8. The van der Waals surface area contributed by atoms with Crippen LogP contribution in [0.15, 0.2) is 36.4 Å². The number of carbonyl (C=O) groups excluding carboxylic acids is 4. The Labute approximate surface area is 180 Å². The summed E-state index contributed by atoms with van der Waals surface area (Å²) >= 11 is 0. The van der Waals surface area contributed by atoms with Crippen molar-refractivity contribution in [3.8, 4) is 0 Å². The second-order valence-electron chi connectivity index (χ2n) is 7.31. The summed E-state index contributed by atoms with van der Waals surface area (Å²) in [4.78, 5) is 49.9. The van der Waals surface area contributed by atoms with E-state index in [1.165, 1.54) is 6.07 Å². The Bertz CT molecular complexity index is 949. The van der Waals surface area contributed by atoms with Gasteiger partial charge < -0.3 is 15.0 Å². The molecule has 2 unspecified atom stereocenters. The van der Waals surface area contributed by atoms with Gasteiger partial charge in [0.2, 0.25) is 5.91 Å². The number of amides is 3. The number of halogens is 3. The van der Waals surface area contributed by atoms with Crippen LogP contribution in [0.1, 0.15) is 28.8 Å². The Morgan fingerprint density at radius 3 is 2.66 bits per heavy atom. The first kappa shape index (κ1) is 23.3. The third-order valence-electron chi connectivity index (χ3n) is 5.00. The van der Waals surface area contributed by atoms with Crippen molar-refractivity contribution >= 4 is 23.7 Å². The molecule has 0 aliphatic carbocycles. The number of ether oxygens (including phenoxy) is 1. The van der Waals surface area contributed by atoms with Gasteiger partial charge >= 0.3 is 12.1 Å². The molecule has 2 aliphatic rings. The van der Waals surface area contributed by atoms with E-state index in [9.17, 15) is 37.6 Å². The zero-order valence-electron chi connectivity index (χ0n) is 16.7. The van der Waals surface area contributed by atoms with Crippen LogP contribution in [0.3, 0.4) is 0 Å². The van der Waals surface area contributed by atoms with Gasteiger partial charge in [0.15, 0.2) is 0 Å². The molecule has 172 valence electrons. The van der Waals surface area contributed by atoms with E-state index in [0.29, 0.717) is 11.1 Å². The molecule has 2 atom stereocenters. The molecule has 32 heavy (non-hydrogen) atoms. The minimum Gasteiger partial charge on any atom is -0.463 e. The highest BCUT2D eigenvalue weighted by Gasteiger charge is 2.35. The lowest BCUT2D eigenvalue weighted by molar-refractivity contribution is -0.177. The van der Waals surface area contributed by atoms with E-state index in [1.807, 2.05) is 0 Å². The molecule has 9 nitrogen and oxygen atoms in total. The Morgan fingerprint density at radius 1 is 1.25 bits per heavy atom. The van der Waals surface area contributed by atoms with Gasteiger partial charge in [-0.3, -0.25) is 24.4 Å². The molecule has 1 aromatic rings. The van der Waals surface area contributed by atoms with Crippen LogP contribution in [0.25, 0.3) is 0 Å². The first-order valence-corrected chi connectivity index (χ1v) is 9.64. The van der Waals surface area contributed by atoms with Crippen molar-refractivity contribution in [2.75, 3.05) is 19.7 Å². The van der Waals surface area contributed by atoms with Crippen molar-refractivity contribution in [3.05, 3.63) is 47.5 Å². The number of carbonyl (C=O) groups is 4. The fourth-order valence-corrected chi connectivity index (χ4v) is 3.28. The number of benzene rings is 1. The molecular weight excluding hydrogens is 435 g/mol. The summed E-state index contributed by atoms with van der Waals surface area (Å²) in [6.07, 6.45) is -1.54. The van der Waals surface area contributed by atoms with Crippen LogP contribution in [-0.4, -0.2) is 70.6 Å². The minimum absolute atomic E-state index is 0.0223. The number of hydroxylamine groups is 2. The summed E-state index contributed by atoms with van der Waals surface area (Å²) < 4.78 is 43.4. The lowest BCUT2D eigenvalue weighted by atomic mass is 10.1. The molecule has 3 rings (SSSR count). The molecule has 0 radical (unpaired) electrons. The Morgan fingerprint density at radius 2 is 2.00 bits per heavy atom. The van der Waals surface area contributed by atoms with Crippen LogP contribution in [0.2, 0.25) is 0 Å². The number of nitrogens with zero attached hydrogens (tertiary/aromatic N) is 2. The summed E-state index contributed by atoms with van der Waals surface area (Å²) in [5.41, 5.74) is -1.27. The molecule has 1 aromatic carbocycles. The number of nitrogens with one attached hydrogen (secondary N) is 1. The van der Waals surface area contributed by atoms with Crippen molar-refractivity contribution in [2.45, 2.75) is 31.1 Å². The SMILES string of the molecule is O=C1CC(N(O)C(=O)CN2CC=CCC(NC(=O)c3cccc(C(F)(F)F)c3)C2=O)CO1. The van der Waals surface area contributed by atoms with Gasteiger partial charge in [-0.05, 0) is 24.6 Å². The fraction of sp³-hybridized carbons (Fsp3) is 0.400. The maximum atomic E-state index is 12.9. The van der Waals surface area contributed by atoms with Gasteiger partial charge in [-0.15, -0.1) is 0 Å². The molecule has 3 amide bonds. The number of alkyl halides is 3. The Kier molecular flexibility index (Phi) is 6.82. The van der Waals surface area contributed by atoms with E-state index >= 15 is 0 Å². The van der Waals surface area contributed by atoms with Crippen LogP contribution in [0.4, 0.5) is 13.2 Å². The maximum Gasteiger partial charge on any atom is 0.416 e. The molecule has 2 aliphatic heterocycles. The van der Waals surface area contributed by atoms with Crippen molar-refractivity contribution in [1.82, 2.24) is 15.3 Å². The van der Waals surface area contributed by atoms with Crippen LogP contribution in [0.5, 0.6) is 0 Å². The van der Waals surface area contributed by atoms with E-state index < -0.39 is 54.1 Å². The molecule has 0 bridgehead atoms. The summed E-state index contributed by atoms with van der Waals surface area (Å²) in [6, 6.07) is 1.81. The topological polar surface area (TPSA) is 116 Å². The smallest absolute Gasteiger partial charge is 0.416 e. The highest BCUT2D eigenvalue weighted by atomic mass is 19.4. The van der Waals surface area contributed by atoms with Crippen LogP contribution in [0, 0.1) is 0 Å². The predicted molar refractivity (Wildman–Crippen MR) is 101 cm³/mol. The first-order valence-electron chi connectivity index (χ1n) is 9.64. The van der Waals surface area contributed by atoms with Crippen molar-refractivity contribution in [2.24, 2.45) is 0 Å². The van der Waals surface area contributed by atoms with Crippen LogP contribution < -0.4 is 5.32 Å². The molecule has 0 aromatic heterocycles. The molecule has 0 spiro atoms. The number of esters is 1. The normalized spacial score (nSPS) is 21.2. The van der Waals surface area contributed by atoms with Gasteiger partial charge in [-0.25, -0.2) is 5.06 Å². The average Bonchev–Trinajstić information content (AvgIpc) is 3.11. The summed E-state index contributed by atoms with van der Waals surface area (Å²) in [6.45, 7) is -0.667. The first-order chi connectivity index (χ1) is 15.1. The molecule has 0 saturated carbocycles. The van der Waals surface area contributed by atoms with Gasteiger partial charge in [0, 0.05) is 12.1 Å². The molecular formula is C20H20F3N3O6. The number of cyclic esters (lactones) is 1. The minimum atomic E-state index is -4.63. The van der Waals surface area contributed by atoms with Gasteiger partial charge in [-0.2, -0.15) is 13.2 Å². The van der Waals surface area contributed by atoms with E-state index in [1.54, 1.807) is 12.2 Å². The lowest BCUT2D eigenvalue weighted by Crippen LogP contribution is -2.51. The third kappa shape index (κ3) is 5.44. The lowest BCUT2D eigenvalue weighted by Gasteiger charge is -2.27. The van der Waals surface area contributed by atoms with Crippen molar-refractivity contribution in [1.29, 1.82) is 0 Å². The second-order valence-corrected chi connectivity index (χ2v) is 7.31. The zero-order chi connectivity index (χ0) is 23.5. The van der Waals surface area contributed by atoms with Crippen molar-refractivity contribution < 1.29 is 42.3 Å². The average molecular weight is 455 g/mol. The fourth-order valence-electron chi connectivity index (χ4n) is 3.28. The van der Waals surface area contributed by atoms with Gasteiger partial charge in [0.05, 0.1) is 12.0 Å². The van der Waals surface area contributed by atoms with E-state index in [-0.39, 0.29) is 31.6 Å². The standard InChI is InChI=1S/C20H20F3N3O6/c21-20(22,23)13-5-3-4-12(8-13)18(29)24-15-6-1-2-7-25(19(15)30)10-16(27)26(31)14-9-17(28)32-11-14/h1-5,8,14-15,31H,6-7,9-11H2,(H,24,29). The second kappa shape index (κ2) is 9.39. The third-order valence-corrected chi connectivity index (χ3v) is 5.00. The molecule has 12 heteroatoms. The van der Waals surface area contributed by atoms with Gasteiger partial charge in [-0.1, -0.05) is 18.2 Å². The summed E-state index contributed by atoms with van der Waals surface area (Å²) in [5.74, 6) is -2.93. The largest absolute Gasteiger partial charge is 0.463 e. The zero-order valence-corrected chi connectivity index (χ0v) is 16.7. The molecule has 1 saturated heterocycles. The van der Waals surface area contributed by atoms with Crippen molar-refractivity contribution in [3.63, 3.8) is 0 Å². The molecule has 1 fully saturated rings. The van der Waals surface area contributed by atoms with Gasteiger partial charge in [0.25, 0.3) is 11.8 Å². The monoisotopic (exact) mass is 455 g/mol. The van der Waals surface area contributed by atoms with E-state index in [0.717, 1.165) is 17.0 Å². The van der Waals surface area contributed by atoms with E-state index in [2.05, 4.69) is 5.32 Å². The summed E-state index contributed by atoms with van der Waals surface area (Å²) in [7, 11) is 0. The van der Waals surface area contributed by atoms with Crippen LogP contribution in [-0.2, 0) is 25.3 Å². The number of hydrogen-bond donors (Lipinski definition) is 2. The predicted octanol–water partition coefficient (Wildman–Crippen LogP) is 1.13. The maximum absolute atomic E-state index is 12.9. The quantitative estimate of drug-likeness (QED) is 0.298. The van der Waals surface area contributed by atoms with E-state index in [4.69, 9.17) is 4.74 Å². The molecule has 2 N–H and O–H groups in total.